The number of rotatable bonds is 3. The maximum atomic E-state index is 11.8. The van der Waals surface area contributed by atoms with E-state index in [0.29, 0.717) is 11.3 Å². The molecule has 0 aliphatic rings. The lowest BCUT2D eigenvalue weighted by Gasteiger charge is -2.15. The van der Waals surface area contributed by atoms with Crippen LogP contribution in [0.25, 0.3) is 0 Å². The predicted molar refractivity (Wildman–Crippen MR) is 73.3 cm³/mol. The maximum absolute atomic E-state index is 11.8. The average Bonchev–Trinajstić information content (AvgIpc) is 2.27. The Morgan fingerprint density at radius 2 is 2.06 bits per heavy atom. The molecule has 0 spiro atoms. The molecule has 0 saturated heterocycles. The standard InChI is InChI=1S/C12H17N3O2S/c1-10-6-7-11(5-4-8-13)12(9-10)14-18(16,17)15(2)3/h6-7,9,14H,8,13H2,1-3H3. The van der Waals surface area contributed by atoms with Gasteiger partial charge in [-0.2, -0.15) is 12.7 Å². The van der Waals surface area contributed by atoms with Crippen LogP contribution >= 0.6 is 0 Å². The van der Waals surface area contributed by atoms with E-state index in [0.717, 1.165) is 9.87 Å². The molecule has 0 aliphatic carbocycles. The number of anilines is 1. The normalized spacial score (nSPS) is 10.9. The van der Waals surface area contributed by atoms with E-state index < -0.39 is 10.2 Å². The summed E-state index contributed by atoms with van der Waals surface area (Å²) >= 11 is 0. The summed E-state index contributed by atoms with van der Waals surface area (Å²) in [5.74, 6) is 5.55. The summed E-state index contributed by atoms with van der Waals surface area (Å²) in [7, 11) is -0.608. The van der Waals surface area contributed by atoms with Gasteiger partial charge >= 0.3 is 10.2 Å². The molecular weight excluding hydrogens is 250 g/mol. The van der Waals surface area contributed by atoms with Crippen molar-refractivity contribution >= 4 is 15.9 Å². The fourth-order valence-electron chi connectivity index (χ4n) is 1.23. The number of hydrogen-bond donors (Lipinski definition) is 2. The Morgan fingerprint density at radius 3 is 2.61 bits per heavy atom. The third-order valence-corrected chi connectivity index (χ3v) is 3.66. The molecule has 1 aromatic carbocycles. The van der Waals surface area contributed by atoms with Crippen LogP contribution in [0, 0.1) is 18.8 Å². The molecule has 0 radical (unpaired) electrons. The van der Waals surface area contributed by atoms with Gasteiger partial charge < -0.3 is 5.73 Å². The first kappa shape index (κ1) is 14.5. The topological polar surface area (TPSA) is 75.4 Å². The van der Waals surface area contributed by atoms with Crippen molar-refractivity contribution in [2.45, 2.75) is 6.92 Å². The van der Waals surface area contributed by atoms with Gasteiger partial charge in [0.25, 0.3) is 0 Å². The zero-order valence-electron chi connectivity index (χ0n) is 10.7. The van der Waals surface area contributed by atoms with E-state index in [1.54, 1.807) is 12.1 Å². The Bertz CT molecular complexity index is 583. The lowest BCUT2D eigenvalue weighted by atomic mass is 10.1. The van der Waals surface area contributed by atoms with E-state index in [-0.39, 0.29) is 6.54 Å². The molecule has 0 aromatic heterocycles. The summed E-state index contributed by atoms with van der Waals surface area (Å²) < 4.78 is 27.2. The van der Waals surface area contributed by atoms with E-state index in [1.807, 2.05) is 13.0 Å². The van der Waals surface area contributed by atoms with Crippen LogP contribution in [0.3, 0.4) is 0 Å². The Labute approximate surface area is 108 Å². The predicted octanol–water partition coefficient (Wildman–Crippen LogP) is 0.524. The van der Waals surface area contributed by atoms with Crippen molar-refractivity contribution in [1.82, 2.24) is 4.31 Å². The highest BCUT2D eigenvalue weighted by Crippen LogP contribution is 2.18. The zero-order chi connectivity index (χ0) is 13.8. The zero-order valence-corrected chi connectivity index (χ0v) is 11.5. The Balaban J connectivity index is 3.18. The van der Waals surface area contributed by atoms with Gasteiger partial charge in [0.15, 0.2) is 0 Å². The van der Waals surface area contributed by atoms with Crippen molar-refractivity contribution in [2.75, 3.05) is 25.4 Å². The summed E-state index contributed by atoms with van der Waals surface area (Å²) in [6.07, 6.45) is 0. The summed E-state index contributed by atoms with van der Waals surface area (Å²) in [6.45, 7) is 2.11. The first-order valence-electron chi connectivity index (χ1n) is 5.36. The van der Waals surface area contributed by atoms with Crippen molar-refractivity contribution in [3.05, 3.63) is 29.3 Å². The van der Waals surface area contributed by atoms with Crippen LogP contribution in [-0.4, -0.2) is 33.4 Å². The van der Waals surface area contributed by atoms with Crippen molar-refractivity contribution in [1.29, 1.82) is 0 Å². The number of hydrogen-bond acceptors (Lipinski definition) is 3. The second-order valence-electron chi connectivity index (χ2n) is 3.94. The highest BCUT2D eigenvalue weighted by Gasteiger charge is 2.14. The first-order chi connectivity index (χ1) is 8.36. The van der Waals surface area contributed by atoms with Crippen LogP contribution in [-0.2, 0) is 10.2 Å². The summed E-state index contributed by atoms with van der Waals surface area (Å²) in [5.41, 5.74) is 7.33. The molecule has 0 amide bonds. The van der Waals surface area contributed by atoms with E-state index in [9.17, 15) is 8.42 Å². The second-order valence-corrected chi connectivity index (χ2v) is 5.83. The van der Waals surface area contributed by atoms with Gasteiger partial charge in [-0.25, -0.2) is 0 Å². The van der Waals surface area contributed by atoms with Crippen LogP contribution in [0.2, 0.25) is 0 Å². The molecule has 0 unspecified atom stereocenters. The van der Waals surface area contributed by atoms with Crippen molar-refractivity contribution in [2.24, 2.45) is 5.73 Å². The SMILES string of the molecule is Cc1ccc(C#CCN)c(NS(=O)(=O)N(C)C)c1. The lowest BCUT2D eigenvalue weighted by molar-refractivity contribution is 0.527. The van der Waals surface area contributed by atoms with Crippen LogP contribution in [0.4, 0.5) is 5.69 Å². The molecule has 0 aliphatic heterocycles. The first-order valence-corrected chi connectivity index (χ1v) is 6.80. The van der Waals surface area contributed by atoms with Gasteiger partial charge in [0.05, 0.1) is 12.2 Å². The third kappa shape index (κ3) is 3.74. The monoisotopic (exact) mass is 267 g/mol. The fraction of sp³-hybridized carbons (Fsp3) is 0.333. The Kier molecular flexibility index (Phi) is 4.73. The minimum absolute atomic E-state index is 0.230. The molecule has 0 atom stereocenters. The number of nitrogens with zero attached hydrogens (tertiary/aromatic N) is 1. The highest BCUT2D eigenvalue weighted by atomic mass is 32.2. The average molecular weight is 267 g/mol. The lowest BCUT2D eigenvalue weighted by Crippen LogP contribution is -2.29. The van der Waals surface area contributed by atoms with Gasteiger partial charge in [-0.1, -0.05) is 17.9 Å². The molecule has 6 heteroatoms. The molecule has 0 fully saturated rings. The van der Waals surface area contributed by atoms with Gasteiger partial charge in [-0.3, -0.25) is 4.72 Å². The molecule has 5 nitrogen and oxygen atoms in total. The van der Waals surface area contributed by atoms with Crippen molar-refractivity contribution in [3.63, 3.8) is 0 Å². The molecule has 0 heterocycles. The highest BCUT2D eigenvalue weighted by molar-refractivity contribution is 7.90. The van der Waals surface area contributed by atoms with Gasteiger partial charge in [-0.05, 0) is 24.6 Å². The molecule has 0 bridgehead atoms. The smallest absolute Gasteiger partial charge is 0.301 e. The summed E-state index contributed by atoms with van der Waals surface area (Å²) in [4.78, 5) is 0. The van der Waals surface area contributed by atoms with Gasteiger partial charge in [0.1, 0.15) is 0 Å². The molecule has 0 saturated carbocycles. The van der Waals surface area contributed by atoms with Gasteiger partial charge in [0.2, 0.25) is 0 Å². The number of aryl methyl sites for hydroxylation is 1. The minimum Gasteiger partial charge on any atom is -0.320 e. The van der Waals surface area contributed by atoms with Crippen LogP contribution in [0.15, 0.2) is 18.2 Å². The molecule has 18 heavy (non-hydrogen) atoms. The van der Waals surface area contributed by atoms with Gasteiger partial charge in [0, 0.05) is 19.7 Å². The Morgan fingerprint density at radius 1 is 1.39 bits per heavy atom. The molecule has 1 rings (SSSR count). The summed E-state index contributed by atoms with van der Waals surface area (Å²) in [5, 5.41) is 0. The molecule has 1 aromatic rings. The number of benzene rings is 1. The van der Waals surface area contributed by atoms with Crippen LogP contribution in [0.5, 0.6) is 0 Å². The number of nitrogens with one attached hydrogen (secondary N) is 1. The van der Waals surface area contributed by atoms with E-state index in [4.69, 9.17) is 5.73 Å². The minimum atomic E-state index is -3.53. The summed E-state index contributed by atoms with van der Waals surface area (Å²) in [6, 6.07) is 5.38. The third-order valence-electron chi connectivity index (χ3n) is 2.22. The van der Waals surface area contributed by atoms with Crippen molar-refractivity contribution in [3.8, 4) is 11.8 Å². The van der Waals surface area contributed by atoms with Crippen molar-refractivity contribution < 1.29 is 8.42 Å². The van der Waals surface area contributed by atoms with Crippen LogP contribution in [0.1, 0.15) is 11.1 Å². The quantitative estimate of drug-likeness (QED) is 0.784. The largest absolute Gasteiger partial charge is 0.320 e. The molecule has 3 N–H and O–H groups in total. The Hall–Kier alpha value is -1.55. The molecular formula is C12H17N3O2S. The van der Waals surface area contributed by atoms with E-state index in [2.05, 4.69) is 16.6 Å². The fourth-order valence-corrected chi connectivity index (χ4v) is 1.86. The van der Waals surface area contributed by atoms with E-state index >= 15 is 0 Å². The van der Waals surface area contributed by atoms with Crippen LogP contribution < -0.4 is 10.5 Å². The second kappa shape index (κ2) is 5.87. The van der Waals surface area contributed by atoms with Gasteiger partial charge in [-0.15, -0.1) is 0 Å². The number of nitrogens with two attached hydrogens (primary N) is 1. The van der Waals surface area contributed by atoms with E-state index in [1.165, 1.54) is 14.1 Å². The molecule has 98 valence electrons. The maximum Gasteiger partial charge on any atom is 0.301 e.